The first-order valence-corrected chi connectivity index (χ1v) is 8.71. The Bertz CT molecular complexity index is 764. The maximum Gasteiger partial charge on any atom is 0.321 e. The molecule has 1 heterocycles. The molecule has 0 spiro atoms. The van der Waals surface area contributed by atoms with Crippen molar-refractivity contribution in [2.45, 2.75) is 18.2 Å². The molecule has 0 bridgehead atoms. The van der Waals surface area contributed by atoms with Crippen LogP contribution in [0.5, 0.6) is 0 Å². The molecule has 1 aromatic rings. The summed E-state index contributed by atoms with van der Waals surface area (Å²) in [7, 11) is -3.76. The molecule has 1 aliphatic rings. The number of aliphatic carboxylic acids is 1. The highest BCUT2D eigenvalue weighted by molar-refractivity contribution is 7.90. The summed E-state index contributed by atoms with van der Waals surface area (Å²) in [6, 6.07) is 2.68. The highest BCUT2D eigenvalue weighted by atomic mass is 32.2. The van der Waals surface area contributed by atoms with E-state index in [1.165, 1.54) is 11.0 Å². The first kappa shape index (κ1) is 17.2. The summed E-state index contributed by atoms with van der Waals surface area (Å²) in [5.74, 6) is -1.88. The largest absolute Gasteiger partial charge is 0.481 e. The van der Waals surface area contributed by atoms with Gasteiger partial charge in [-0.1, -0.05) is 0 Å². The molecule has 126 valence electrons. The second-order valence-corrected chi connectivity index (χ2v) is 7.87. The molecule has 9 heteroatoms. The number of carbonyl (C=O) groups is 2. The molecule has 0 aliphatic carbocycles. The van der Waals surface area contributed by atoms with E-state index in [4.69, 9.17) is 5.11 Å². The highest BCUT2D eigenvalue weighted by Gasteiger charge is 2.42. The van der Waals surface area contributed by atoms with Crippen molar-refractivity contribution in [3.05, 3.63) is 24.0 Å². The summed E-state index contributed by atoms with van der Waals surface area (Å²) in [5, 5.41) is 11.6. The van der Waals surface area contributed by atoms with E-state index >= 15 is 0 Å². The third-order valence-corrected chi connectivity index (χ3v) is 4.97. The van der Waals surface area contributed by atoms with E-state index in [1.54, 1.807) is 6.92 Å². The summed E-state index contributed by atoms with van der Waals surface area (Å²) < 4.78 is 36.5. The third-order valence-electron chi connectivity index (χ3n) is 3.86. The normalized spacial score (nSPS) is 21.3. The number of nitrogens with zero attached hydrogens (tertiary/aromatic N) is 1. The lowest BCUT2D eigenvalue weighted by Gasteiger charge is -2.20. The van der Waals surface area contributed by atoms with Crippen molar-refractivity contribution in [3.63, 3.8) is 0 Å². The average molecular weight is 344 g/mol. The SMILES string of the molecule is CC1(C(=O)O)CCN(C(=O)Nc2ccc(F)c(S(C)(=O)=O)c2)C1. The summed E-state index contributed by atoms with van der Waals surface area (Å²) in [6.07, 6.45) is 1.20. The van der Waals surface area contributed by atoms with Gasteiger partial charge in [-0.2, -0.15) is 0 Å². The predicted molar refractivity (Wildman–Crippen MR) is 80.5 cm³/mol. The molecular formula is C14H17FN2O5S. The minimum Gasteiger partial charge on any atom is -0.481 e. The minimum absolute atomic E-state index is 0.0499. The zero-order chi connectivity index (χ0) is 17.4. The van der Waals surface area contributed by atoms with E-state index in [-0.39, 0.29) is 18.8 Å². The molecule has 0 radical (unpaired) electrons. The molecule has 1 aliphatic heterocycles. The Hall–Kier alpha value is -2.16. The molecule has 0 aromatic heterocycles. The van der Waals surface area contributed by atoms with Crippen LogP contribution in [0.3, 0.4) is 0 Å². The van der Waals surface area contributed by atoms with Gasteiger partial charge in [0.05, 0.1) is 5.41 Å². The van der Waals surface area contributed by atoms with Gasteiger partial charge in [-0.15, -0.1) is 0 Å². The van der Waals surface area contributed by atoms with Gasteiger partial charge in [-0.05, 0) is 31.5 Å². The number of nitrogens with one attached hydrogen (secondary N) is 1. The number of likely N-dealkylation sites (tertiary alicyclic amines) is 1. The van der Waals surface area contributed by atoms with Crippen LogP contribution in [0.25, 0.3) is 0 Å². The molecule has 2 amide bonds. The van der Waals surface area contributed by atoms with E-state index < -0.39 is 38.0 Å². The summed E-state index contributed by atoms with van der Waals surface area (Å²) in [6.45, 7) is 1.88. The van der Waals surface area contributed by atoms with Crippen molar-refractivity contribution in [2.75, 3.05) is 24.7 Å². The second-order valence-electron chi connectivity index (χ2n) is 5.88. The van der Waals surface area contributed by atoms with Crippen LogP contribution in [0, 0.1) is 11.2 Å². The number of rotatable bonds is 3. The van der Waals surface area contributed by atoms with Gasteiger partial charge in [0.25, 0.3) is 0 Å². The van der Waals surface area contributed by atoms with E-state index in [9.17, 15) is 22.4 Å². The number of carbonyl (C=O) groups excluding carboxylic acids is 1. The van der Waals surface area contributed by atoms with Gasteiger partial charge in [0.1, 0.15) is 10.7 Å². The Morgan fingerprint density at radius 2 is 2.04 bits per heavy atom. The van der Waals surface area contributed by atoms with Crippen LogP contribution in [-0.2, 0) is 14.6 Å². The number of benzene rings is 1. The van der Waals surface area contributed by atoms with Crippen LogP contribution in [0.15, 0.2) is 23.1 Å². The topological polar surface area (TPSA) is 104 Å². The molecule has 1 fully saturated rings. The Morgan fingerprint density at radius 3 is 2.57 bits per heavy atom. The van der Waals surface area contributed by atoms with Crippen LogP contribution in [0.4, 0.5) is 14.9 Å². The number of sulfone groups is 1. The smallest absolute Gasteiger partial charge is 0.321 e. The van der Waals surface area contributed by atoms with Crippen molar-refractivity contribution in [1.29, 1.82) is 0 Å². The number of halogens is 1. The van der Waals surface area contributed by atoms with Gasteiger partial charge in [-0.3, -0.25) is 4.79 Å². The monoisotopic (exact) mass is 344 g/mol. The number of hydrogen-bond acceptors (Lipinski definition) is 4. The quantitative estimate of drug-likeness (QED) is 0.866. The maximum atomic E-state index is 13.5. The molecule has 7 nitrogen and oxygen atoms in total. The molecular weight excluding hydrogens is 327 g/mol. The predicted octanol–water partition coefficient (Wildman–Crippen LogP) is 1.56. The lowest BCUT2D eigenvalue weighted by molar-refractivity contribution is -0.146. The highest BCUT2D eigenvalue weighted by Crippen LogP contribution is 2.30. The first-order chi connectivity index (χ1) is 10.5. The van der Waals surface area contributed by atoms with Crippen LogP contribution in [-0.4, -0.2) is 49.8 Å². The maximum absolute atomic E-state index is 13.5. The van der Waals surface area contributed by atoms with E-state index in [0.717, 1.165) is 18.4 Å². The summed E-state index contributed by atoms with van der Waals surface area (Å²) >= 11 is 0. The molecule has 2 rings (SSSR count). The minimum atomic E-state index is -3.76. The van der Waals surface area contributed by atoms with E-state index in [1.807, 2.05) is 0 Å². The van der Waals surface area contributed by atoms with Crippen LogP contribution < -0.4 is 5.32 Å². The summed E-state index contributed by atoms with van der Waals surface area (Å²) in [5.41, 5.74) is -0.876. The van der Waals surface area contributed by atoms with Gasteiger partial charge < -0.3 is 15.3 Å². The fourth-order valence-corrected chi connectivity index (χ4v) is 3.14. The van der Waals surface area contributed by atoms with Gasteiger partial charge in [0.2, 0.25) is 0 Å². The first-order valence-electron chi connectivity index (χ1n) is 6.82. The van der Waals surface area contributed by atoms with Crippen molar-refractivity contribution < 1.29 is 27.5 Å². The fourth-order valence-electron chi connectivity index (χ4n) is 2.38. The molecule has 23 heavy (non-hydrogen) atoms. The van der Waals surface area contributed by atoms with E-state index in [0.29, 0.717) is 6.42 Å². The number of carboxylic acid groups (broad SMARTS) is 1. The number of amides is 2. The Kier molecular flexibility index (Phi) is 4.34. The van der Waals surface area contributed by atoms with Gasteiger partial charge in [0.15, 0.2) is 9.84 Å². The molecule has 0 saturated carbocycles. The Balaban J connectivity index is 2.15. The lowest BCUT2D eigenvalue weighted by Crippen LogP contribution is -2.37. The van der Waals surface area contributed by atoms with Gasteiger partial charge in [-0.25, -0.2) is 17.6 Å². The van der Waals surface area contributed by atoms with Gasteiger partial charge >= 0.3 is 12.0 Å². The van der Waals surface area contributed by atoms with Crippen LogP contribution in [0.1, 0.15) is 13.3 Å². The van der Waals surface area contributed by atoms with Gasteiger partial charge in [0, 0.05) is 25.0 Å². The van der Waals surface area contributed by atoms with Crippen molar-refractivity contribution in [2.24, 2.45) is 5.41 Å². The number of anilines is 1. The molecule has 2 N–H and O–H groups in total. The number of hydrogen-bond donors (Lipinski definition) is 2. The average Bonchev–Trinajstić information content (AvgIpc) is 2.84. The third kappa shape index (κ3) is 3.61. The Labute approximate surface area is 133 Å². The van der Waals surface area contributed by atoms with Crippen molar-refractivity contribution in [3.8, 4) is 0 Å². The Morgan fingerprint density at radius 1 is 1.39 bits per heavy atom. The second kappa shape index (κ2) is 5.80. The van der Waals surface area contributed by atoms with E-state index in [2.05, 4.69) is 5.32 Å². The molecule has 1 atom stereocenters. The van der Waals surface area contributed by atoms with Crippen LogP contribution in [0.2, 0.25) is 0 Å². The van der Waals surface area contributed by atoms with Crippen molar-refractivity contribution >= 4 is 27.5 Å². The number of urea groups is 1. The van der Waals surface area contributed by atoms with Crippen molar-refractivity contribution in [1.82, 2.24) is 4.90 Å². The number of carboxylic acids is 1. The fraction of sp³-hybridized carbons (Fsp3) is 0.429. The van der Waals surface area contributed by atoms with Crippen LogP contribution >= 0.6 is 0 Å². The lowest BCUT2D eigenvalue weighted by atomic mass is 9.90. The standard InChI is InChI=1S/C14H17FN2O5S/c1-14(12(18)19)5-6-17(8-14)13(20)16-9-3-4-10(15)11(7-9)23(2,21)22/h3-4,7H,5-6,8H2,1-2H3,(H,16,20)(H,18,19). The zero-order valence-corrected chi connectivity index (χ0v) is 13.5. The molecule has 1 saturated heterocycles. The summed E-state index contributed by atoms with van der Waals surface area (Å²) in [4.78, 5) is 24.1. The molecule has 1 aromatic carbocycles. The zero-order valence-electron chi connectivity index (χ0n) is 12.7. The molecule has 1 unspecified atom stereocenters.